The van der Waals surface area contributed by atoms with Gasteiger partial charge in [0, 0.05) is 42.9 Å². The maximum atomic E-state index is 13.5. The summed E-state index contributed by atoms with van der Waals surface area (Å²) in [4.78, 5) is 24.8. The molecular formula is C31H36N6O. The molecule has 3 heterocycles. The van der Waals surface area contributed by atoms with Gasteiger partial charge in [0.25, 0.3) is 5.91 Å². The maximum Gasteiger partial charge on any atom is 0.256 e. The first kappa shape index (κ1) is 27.0. The Kier molecular flexibility index (Phi) is 8.55. The van der Waals surface area contributed by atoms with Crippen LogP contribution in [0.1, 0.15) is 80.3 Å². The second-order valence-electron chi connectivity index (χ2n) is 9.16. The van der Waals surface area contributed by atoms with Gasteiger partial charge in [0.05, 0.1) is 28.3 Å². The van der Waals surface area contributed by atoms with Crippen molar-refractivity contribution in [1.82, 2.24) is 19.8 Å². The molecule has 2 unspecified atom stereocenters. The minimum atomic E-state index is -0.176. The summed E-state index contributed by atoms with van der Waals surface area (Å²) in [5, 5.41) is 11.4. The Hall–Kier alpha value is -4.02. The number of benzene rings is 2. The topological polar surface area (TPSA) is 86.4 Å². The highest BCUT2D eigenvalue weighted by atomic mass is 16.2. The summed E-state index contributed by atoms with van der Waals surface area (Å²) in [6.45, 7) is 8.88. The highest BCUT2D eigenvalue weighted by Crippen LogP contribution is 2.37. The van der Waals surface area contributed by atoms with Crippen LogP contribution in [0.25, 0.3) is 22.3 Å². The van der Waals surface area contributed by atoms with Crippen LogP contribution in [0.4, 0.5) is 0 Å². The van der Waals surface area contributed by atoms with Gasteiger partial charge in [-0.15, -0.1) is 5.92 Å². The number of nitrogens with one attached hydrogen (secondary N) is 2. The van der Waals surface area contributed by atoms with Crippen LogP contribution in [0.2, 0.25) is 0 Å². The zero-order valence-corrected chi connectivity index (χ0v) is 22.9. The average molecular weight is 509 g/mol. The summed E-state index contributed by atoms with van der Waals surface area (Å²) < 4.78 is 2.09. The van der Waals surface area contributed by atoms with Gasteiger partial charge in [0.1, 0.15) is 5.82 Å². The molecule has 2 aliphatic heterocycles. The van der Waals surface area contributed by atoms with E-state index in [1.807, 2.05) is 63.5 Å². The number of hydrogen-bond donors (Lipinski definition) is 2. The van der Waals surface area contributed by atoms with Crippen molar-refractivity contribution in [3.8, 4) is 17.5 Å². The van der Waals surface area contributed by atoms with Crippen molar-refractivity contribution in [2.45, 2.75) is 59.0 Å². The highest BCUT2D eigenvalue weighted by Gasteiger charge is 2.34. The maximum absolute atomic E-state index is 13.5. The molecule has 0 saturated carbocycles. The van der Waals surface area contributed by atoms with Crippen LogP contribution in [-0.2, 0) is 0 Å². The van der Waals surface area contributed by atoms with Crippen molar-refractivity contribution < 1.29 is 4.79 Å². The molecule has 2 atom stereocenters. The van der Waals surface area contributed by atoms with Crippen LogP contribution in [0.3, 0.4) is 0 Å². The Morgan fingerprint density at radius 1 is 1.29 bits per heavy atom. The summed E-state index contributed by atoms with van der Waals surface area (Å²) in [5.74, 6) is 6.96. The summed E-state index contributed by atoms with van der Waals surface area (Å²) in [5.41, 5.74) is 5.45. The fraction of sp³-hybridized carbons (Fsp3) is 0.355. The molecule has 1 amide bonds. The third-order valence-corrected chi connectivity index (χ3v) is 6.97. The summed E-state index contributed by atoms with van der Waals surface area (Å²) >= 11 is 0. The molecule has 2 aliphatic rings. The van der Waals surface area contributed by atoms with Crippen molar-refractivity contribution in [2.24, 2.45) is 4.99 Å². The number of carbonyl (C=O) groups is 1. The van der Waals surface area contributed by atoms with Crippen molar-refractivity contribution in [3.05, 3.63) is 65.1 Å². The number of aliphatic imine (C=N–C) groups is 1. The molecule has 7 nitrogen and oxygen atoms in total. The molecule has 7 heteroatoms. The van der Waals surface area contributed by atoms with Crippen molar-refractivity contribution in [3.63, 3.8) is 0 Å². The lowest BCUT2D eigenvalue weighted by atomic mass is 10.0. The molecule has 1 saturated heterocycles. The smallest absolute Gasteiger partial charge is 0.256 e. The summed E-state index contributed by atoms with van der Waals surface area (Å²) in [7, 11) is 1.84. The molecule has 0 spiro atoms. The minimum Gasteiger partial charge on any atom is -0.331 e. The molecule has 1 fully saturated rings. The molecular weight excluding hydrogens is 472 g/mol. The molecule has 3 aromatic rings. The Morgan fingerprint density at radius 3 is 2.79 bits per heavy atom. The number of fused-ring (bicyclic) bond motifs is 5. The van der Waals surface area contributed by atoms with E-state index < -0.39 is 0 Å². The molecule has 38 heavy (non-hydrogen) atoms. The lowest BCUT2D eigenvalue weighted by molar-refractivity contribution is 0.0726. The first-order chi connectivity index (χ1) is 18.6. The van der Waals surface area contributed by atoms with Gasteiger partial charge in [-0.2, -0.15) is 0 Å². The normalized spacial score (nSPS) is 18.8. The lowest BCUT2D eigenvalue weighted by Gasteiger charge is -2.24. The van der Waals surface area contributed by atoms with Crippen molar-refractivity contribution >= 4 is 34.9 Å². The third kappa shape index (κ3) is 4.92. The Balaban J connectivity index is 0.00000164. The molecule has 2 N–H and O–H groups in total. The first-order valence-corrected chi connectivity index (χ1v) is 13.4. The van der Waals surface area contributed by atoms with Crippen LogP contribution >= 0.6 is 0 Å². The fourth-order valence-corrected chi connectivity index (χ4v) is 5.15. The zero-order valence-electron chi connectivity index (χ0n) is 22.9. The average Bonchev–Trinajstić information content (AvgIpc) is 3.58. The van der Waals surface area contributed by atoms with Crippen LogP contribution in [0, 0.1) is 17.3 Å². The third-order valence-electron chi connectivity index (χ3n) is 6.97. The second-order valence-corrected chi connectivity index (χ2v) is 9.16. The Labute approximate surface area is 225 Å². The molecule has 0 bridgehead atoms. The van der Waals surface area contributed by atoms with Gasteiger partial charge < -0.3 is 15.6 Å². The van der Waals surface area contributed by atoms with Crippen LogP contribution < -0.4 is 5.32 Å². The zero-order chi connectivity index (χ0) is 27.2. The number of hydrogen-bond acceptors (Lipinski definition) is 5. The largest absolute Gasteiger partial charge is 0.331 e. The number of amides is 1. The predicted octanol–water partition coefficient (Wildman–Crippen LogP) is 5.77. The standard InChI is InChI=1S/C29H30N6O.C2H6/c1-4-8-19-9-6-11-23-27(19)35-26-15-20(21(16-30)17-31-18-22-10-7-14-32-22)12-13-24(26)33-28(35)25(5-2)34(3)29(23)36;1-2/h6,9,11-13,15-18,22,25,30,32H,5,7,10,14H2,1-3H3;1-2H3/b21-17+,30-16?,31-18?;. The first-order valence-electron chi connectivity index (χ1n) is 13.4. The van der Waals surface area contributed by atoms with Crippen molar-refractivity contribution in [1.29, 1.82) is 5.41 Å². The molecule has 5 rings (SSSR count). The van der Waals surface area contributed by atoms with E-state index in [4.69, 9.17) is 10.4 Å². The molecule has 196 valence electrons. The Bertz CT molecular complexity index is 1460. The summed E-state index contributed by atoms with van der Waals surface area (Å²) in [6, 6.07) is 11.8. The quantitative estimate of drug-likeness (QED) is 0.339. The lowest BCUT2D eigenvalue weighted by Crippen LogP contribution is -2.30. The minimum absolute atomic E-state index is 0.0404. The van der Waals surface area contributed by atoms with Gasteiger partial charge in [-0.05, 0) is 62.6 Å². The SMILES string of the molecule is CC.CC#Cc1cccc2c1-n1c(nc3ccc(/C(C=N)=C/N=CC4CCCN4)cc31)C(CC)N(C)C2=O. The number of rotatable bonds is 5. The highest BCUT2D eigenvalue weighted by molar-refractivity contribution is 6.09. The predicted molar refractivity (Wildman–Crippen MR) is 156 cm³/mol. The van der Waals surface area contributed by atoms with Crippen molar-refractivity contribution in [2.75, 3.05) is 13.6 Å². The van der Waals surface area contributed by atoms with Crippen LogP contribution in [0.5, 0.6) is 0 Å². The van der Waals surface area contributed by atoms with E-state index in [2.05, 4.69) is 33.6 Å². The second kappa shape index (κ2) is 12.0. The molecule has 0 aliphatic carbocycles. The number of nitrogens with zero attached hydrogens (tertiary/aromatic N) is 4. The molecule has 2 aromatic carbocycles. The van der Waals surface area contributed by atoms with Gasteiger partial charge in [-0.3, -0.25) is 14.4 Å². The van der Waals surface area contributed by atoms with Gasteiger partial charge in [-0.25, -0.2) is 4.98 Å². The monoisotopic (exact) mass is 508 g/mol. The van der Waals surface area contributed by atoms with Gasteiger partial charge in [0.15, 0.2) is 0 Å². The van der Waals surface area contributed by atoms with E-state index in [1.54, 1.807) is 18.0 Å². The molecule has 1 aromatic heterocycles. The number of allylic oxidation sites excluding steroid dienone is 1. The van der Waals surface area contributed by atoms with E-state index in [9.17, 15) is 4.79 Å². The van der Waals surface area contributed by atoms with E-state index in [-0.39, 0.29) is 18.0 Å². The number of para-hydroxylation sites is 1. The molecule has 0 radical (unpaired) electrons. The van der Waals surface area contributed by atoms with E-state index in [0.29, 0.717) is 11.1 Å². The number of imidazole rings is 1. The fourth-order valence-electron chi connectivity index (χ4n) is 5.15. The van der Waals surface area contributed by atoms with Crippen LogP contribution in [0.15, 0.2) is 47.6 Å². The van der Waals surface area contributed by atoms with E-state index >= 15 is 0 Å². The summed E-state index contributed by atoms with van der Waals surface area (Å²) in [6.07, 6.45) is 7.95. The van der Waals surface area contributed by atoms with E-state index in [0.717, 1.165) is 59.5 Å². The van der Waals surface area contributed by atoms with Crippen LogP contribution in [-0.4, -0.2) is 52.4 Å². The number of aromatic nitrogens is 2. The Morgan fingerprint density at radius 2 is 2.11 bits per heavy atom. The number of carbonyl (C=O) groups excluding carboxylic acids is 1. The van der Waals surface area contributed by atoms with Gasteiger partial charge >= 0.3 is 0 Å². The van der Waals surface area contributed by atoms with E-state index in [1.165, 1.54) is 6.21 Å². The van der Waals surface area contributed by atoms with Gasteiger partial charge in [0.2, 0.25) is 0 Å². The van der Waals surface area contributed by atoms with Gasteiger partial charge in [-0.1, -0.05) is 38.8 Å².